The third-order valence-corrected chi connectivity index (χ3v) is 5.43. The van der Waals surface area contributed by atoms with Gasteiger partial charge in [0.2, 0.25) is 0 Å². The largest absolute Gasteiger partial charge is 0.496 e. The zero-order valence-electron chi connectivity index (χ0n) is 15.4. The molecule has 0 bridgehead atoms. The number of rotatable bonds is 7. The van der Waals surface area contributed by atoms with Crippen molar-refractivity contribution >= 4 is 16.2 Å². The van der Waals surface area contributed by atoms with Crippen LogP contribution in [0.3, 0.4) is 0 Å². The van der Waals surface area contributed by atoms with Gasteiger partial charge in [0, 0.05) is 19.2 Å². The molecule has 0 radical (unpaired) electrons. The fourth-order valence-electron chi connectivity index (χ4n) is 2.22. The molecule has 0 amide bonds. The summed E-state index contributed by atoms with van der Waals surface area (Å²) in [6.07, 6.45) is 1.38. The maximum Gasteiger partial charge on any atom is 0.278 e. The molecule has 0 aromatic heterocycles. The van der Waals surface area contributed by atoms with E-state index in [0.717, 1.165) is 9.98 Å². The molecule has 0 atom stereocenters. The van der Waals surface area contributed by atoms with E-state index in [2.05, 4.69) is 5.10 Å². The molecule has 8 heteroatoms. The standard InChI is InChI=1S/C18H22N2O5S/c1-13-6-8-15(9-7-13)26(21,22)20(2)19-12-16-17(24-4)10-14(23-3)11-18(16)25-5/h6-12H,1-5H3. The van der Waals surface area contributed by atoms with Gasteiger partial charge in [-0.3, -0.25) is 0 Å². The minimum absolute atomic E-state index is 0.163. The van der Waals surface area contributed by atoms with Gasteiger partial charge in [0.1, 0.15) is 17.2 Å². The maximum atomic E-state index is 12.6. The number of methoxy groups -OCH3 is 3. The normalized spacial score (nSPS) is 11.4. The lowest BCUT2D eigenvalue weighted by Gasteiger charge is -2.15. The monoisotopic (exact) mass is 378 g/mol. The summed E-state index contributed by atoms with van der Waals surface area (Å²) in [6, 6.07) is 9.90. The van der Waals surface area contributed by atoms with Crippen LogP contribution in [0, 0.1) is 6.92 Å². The lowest BCUT2D eigenvalue weighted by Crippen LogP contribution is -2.22. The first kappa shape index (κ1) is 19.6. The Bertz CT molecular complexity index is 867. The molecule has 0 fully saturated rings. The van der Waals surface area contributed by atoms with E-state index >= 15 is 0 Å². The summed E-state index contributed by atoms with van der Waals surface area (Å²) in [5.41, 5.74) is 1.48. The third kappa shape index (κ3) is 4.08. The average molecular weight is 378 g/mol. The van der Waals surface area contributed by atoms with Crippen molar-refractivity contribution in [3.63, 3.8) is 0 Å². The van der Waals surface area contributed by atoms with Gasteiger partial charge < -0.3 is 14.2 Å². The Morgan fingerprint density at radius 2 is 1.50 bits per heavy atom. The van der Waals surface area contributed by atoms with Crippen LogP contribution in [0.1, 0.15) is 11.1 Å². The van der Waals surface area contributed by atoms with E-state index in [-0.39, 0.29) is 4.90 Å². The number of hydrogen-bond acceptors (Lipinski definition) is 6. The molecule has 0 N–H and O–H groups in total. The molecule has 140 valence electrons. The van der Waals surface area contributed by atoms with Crippen LogP contribution in [0.25, 0.3) is 0 Å². The van der Waals surface area contributed by atoms with E-state index in [1.165, 1.54) is 34.6 Å². The highest BCUT2D eigenvalue weighted by Crippen LogP contribution is 2.32. The van der Waals surface area contributed by atoms with E-state index in [9.17, 15) is 8.42 Å². The van der Waals surface area contributed by atoms with Gasteiger partial charge in [-0.05, 0) is 19.1 Å². The number of ether oxygens (including phenoxy) is 3. The van der Waals surface area contributed by atoms with Crippen molar-refractivity contribution < 1.29 is 22.6 Å². The van der Waals surface area contributed by atoms with E-state index in [1.807, 2.05) is 6.92 Å². The van der Waals surface area contributed by atoms with Crippen LogP contribution in [0.15, 0.2) is 46.4 Å². The SMILES string of the molecule is COc1cc(OC)c(C=NN(C)S(=O)(=O)c2ccc(C)cc2)c(OC)c1. The molecule has 0 aliphatic rings. The molecule has 2 aromatic carbocycles. The van der Waals surface area contributed by atoms with E-state index in [1.54, 1.807) is 36.4 Å². The molecule has 0 saturated heterocycles. The summed E-state index contributed by atoms with van der Waals surface area (Å²) in [5.74, 6) is 1.45. The topological polar surface area (TPSA) is 77.4 Å². The van der Waals surface area contributed by atoms with Gasteiger partial charge in [-0.25, -0.2) is 0 Å². The average Bonchev–Trinajstić information content (AvgIpc) is 2.65. The van der Waals surface area contributed by atoms with Crippen molar-refractivity contribution in [3.05, 3.63) is 47.5 Å². The number of benzene rings is 2. The molecular formula is C18H22N2O5S. The van der Waals surface area contributed by atoms with Crippen molar-refractivity contribution in [1.29, 1.82) is 0 Å². The summed E-state index contributed by atoms with van der Waals surface area (Å²) in [6.45, 7) is 1.89. The Morgan fingerprint density at radius 3 is 1.96 bits per heavy atom. The number of aryl methyl sites for hydroxylation is 1. The molecule has 26 heavy (non-hydrogen) atoms. The lowest BCUT2D eigenvalue weighted by atomic mass is 10.2. The van der Waals surface area contributed by atoms with E-state index in [4.69, 9.17) is 14.2 Å². The summed E-state index contributed by atoms with van der Waals surface area (Å²) < 4.78 is 42.0. The van der Waals surface area contributed by atoms with Crippen molar-refractivity contribution in [3.8, 4) is 17.2 Å². The second-order valence-corrected chi connectivity index (χ2v) is 7.39. The van der Waals surface area contributed by atoms with E-state index < -0.39 is 10.0 Å². The second-order valence-electron chi connectivity index (χ2n) is 5.44. The Hall–Kier alpha value is -2.74. The minimum Gasteiger partial charge on any atom is -0.496 e. The first-order valence-electron chi connectivity index (χ1n) is 7.73. The van der Waals surface area contributed by atoms with Crippen LogP contribution >= 0.6 is 0 Å². The number of hydrazone groups is 1. The van der Waals surface area contributed by atoms with Crippen LogP contribution in [-0.2, 0) is 10.0 Å². The zero-order chi connectivity index (χ0) is 19.3. The van der Waals surface area contributed by atoms with E-state index in [0.29, 0.717) is 22.8 Å². The molecule has 2 aromatic rings. The number of sulfonamides is 1. The Balaban J connectivity index is 2.38. The quantitative estimate of drug-likeness (QED) is 0.547. The second kappa shape index (κ2) is 8.09. The number of hydrogen-bond donors (Lipinski definition) is 0. The van der Waals surface area contributed by atoms with Gasteiger partial charge in [0.15, 0.2) is 0 Å². The summed E-state index contributed by atoms with van der Waals surface area (Å²) in [7, 11) is 2.15. The predicted molar refractivity (Wildman–Crippen MR) is 99.8 cm³/mol. The van der Waals surface area contributed by atoms with Crippen LogP contribution in [0.2, 0.25) is 0 Å². The summed E-state index contributed by atoms with van der Waals surface area (Å²) in [5, 5.41) is 4.06. The molecule has 0 heterocycles. The third-order valence-electron chi connectivity index (χ3n) is 3.77. The molecule has 0 aliphatic carbocycles. The first-order chi connectivity index (χ1) is 12.3. The molecular weight excluding hydrogens is 356 g/mol. The highest BCUT2D eigenvalue weighted by atomic mass is 32.2. The molecule has 0 aliphatic heterocycles. The smallest absolute Gasteiger partial charge is 0.278 e. The van der Waals surface area contributed by atoms with Crippen molar-refractivity contribution in [2.75, 3.05) is 28.4 Å². The Kier molecular flexibility index (Phi) is 6.10. The van der Waals surface area contributed by atoms with Gasteiger partial charge in [-0.2, -0.15) is 17.9 Å². The number of nitrogens with zero attached hydrogens (tertiary/aromatic N) is 2. The first-order valence-corrected chi connectivity index (χ1v) is 9.17. The van der Waals surface area contributed by atoms with Crippen molar-refractivity contribution in [2.45, 2.75) is 11.8 Å². The van der Waals surface area contributed by atoms with Crippen LogP contribution < -0.4 is 14.2 Å². The zero-order valence-corrected chi connectivity index (χ0v) is 16.2. The molecule has 2 rings (SSSR count). The maximum absolute atomic E-state index is 12.6. The van der Waals surface area contributed by atoms with Crippen LogP contribution in [0.4, 0.5) is 0 Å². The lowest BCUT2D eigenvalue weighted by molar-refractivity contribution is 0.374. The minimum atomic E-state index is -3.75. The highest BCUT2D eigenvalue weighted by molar-refractivity contribution is 7.89. The van der Waals surface area contributed by atoms with Gasteiger partial charge in [-0.15, -0.1) is 0 Å². The fourth-order valence-corrected chi connectivity index (χ4v) is 3.18. The predicted octanol–water partition coefficient (Wildman–Crippen LogP) is 2.68. The molecule has 0 saturated carbocycles. The van der Waals surface area contributed by atoms with Gasteiger partial charge >= 0.3 is 0 Å². The van der Waals surface area contributed by atoms with Gasteiger partial charge in [0.25, 0.3) is 10.0 Å². The fraction of sp³-hybridized carbons (Fsp3) is 0.278. The Morgan fingerprint density at radius 1 is 0.962 bits per heavy atom. The molecule has 0 spiro atoms. The molecule has 7 nitrogen and oxygen atoms in total. The van der Waals surface area contributed by atoms with Crippen molar-refractivity contribution in [2.24, 2.45) is 5.10 Å². The molecule has 0 unspecified atom stereocenters. The summed E-state index contributed by atoms with van der Waals surface area (Å²) >= 11 is 0. The van der Waals surface area contributed by atoms with Crippen molar-refractivity contribution in [1.82, 2.24) is 4.41 Å². The Labute approximate surface area is 153 Å². The van der Waals surface area contributed by atoms with Gasteiger partial charge in [0.05, 0.1) is 38.0 Å². The summed E-state index contributed by atoms with van der Waals surface area (Å²) in [4.78, 5) is 0.163. The van der Waals surface area contributed by atoms with Crippen LogP contribution in [0.5, 0.6) is 17.2 Å². The van der Waals surface area contributed by atoms with Gasteiger partial charge in [-0.1, -0.05) is 17.7 Å². The van der Waals surface area contributed by atoms with Crippen LogP contribution in [-0.4, -0.2) is 47.4 Å². The highest BCUT2D eigenvalue weighted by Gasteiger charge is 2.19.